The van der Waals surface area contributed by atoms with E-state index in [1.165, 1.54) is 24.3 Å². The van der Waals surface area contributed by atoms with Crippen LogP contribution in [0, 0.1) is 10.1 Å². The summed E-state index contributed by atoms with van der Waals surface area (Å²) < 4.78 is 5.33. The Morgan fingerprint density at radius 1 is 0.926 bits per heavy atom. The highest BCUT2D eigenvalue weighted by Crippen LogP contribution is 2.27. The number of benzene rings is 2. The minimum absolute atomic E-state index is 0.0379. The Morgan fingerprint density at radius 2 is 1.48 bits per heavy atom. The lowest BCUT2D eigenvalue weighted by Gasteiger charge is -2.30. The second kappa shape index (κ2) is 8.28. The molecule has 0 spiro atoms. The van der Waals surface area contributed by atoms with Crippen LogP contribution in [0.25, 0.3) is 0 Å². The van der Waals surface area contributed by atoms with Gasteiger partial charge in [0.2, 0.25) is 0 Å². The van der Waals surface area contributed by atoms with Gasteiger partial charge < -0.3 is 20.3 Å². The fourth-order valence-corrected chi connectivity index (χ4v) is 2.76. The smallest absolute Gasteiger partial charge is 0.314 e. The number of carbonyl (C=O) groups is 2. The summed E-state index contributed by atoms with van der Waals surface area (Å²) in [4.78, 5) is 36.9. The highest BCUT2D eigenvalue weighted by molar-refractivity contribution is 6.44. The third kappa shape index (κ3) is 4.39. The number of hydrogen-bond acceptors (Lipinski definition) is 6. The molecule has 0 radical (unpaired) electrons. The Hall–Kier alpha value is -3.46. The number of amides is 2. The number of nitro benzene ring substituents is 1. The first kappa shape index (κ1) is 18.3. The summed E-state index contributed by atoms with van der Waals surface area (Å²) in [6, 6.07) is 12.8. The molecule has 2 amide bonds. The summed E-state index contributed by atoms with van der Waals surface area (Å²) in [6.07, 6.45) is 0. The second-order valence-corrected chi connectivity index (χ2v) is 5.80. The quantitative estimate of drug-likeness (QED) is 0.483. The van der Waals surface area contributed by atoms with Crippen LogP contribution in [0.5, 0.6) is 0 Å². The predicted octanol–water partition coefficient (Wildman–Crippen LogP) is 2.01. The number of nitrogens with one attached hydrogen (secondary N) is 2. The molecule has 1 fully saturated rings. The third-order valence-electron chi connectivity index (χ3n) is 4.06. The summed E-state index contributed by atoms with van der Waals surface area (Å²) in [5.41, 5.74) is 0.950. The molecule has 27 heavy (non-hydrogen) atoms. The number of rotatable bonds is 4. The van der Waals surface area contributed by atoms with Gasteiger partial charge in [0.05, 0.1) is 29.5 Å². The Morgan fingerprint density at radius 3 is 2.15 bits per heavy atom. The van der Waals surface area contributed by atoms with Crippen LogP contribution in [0.15, 0.2) is 48.5 Å². The third-order valence-corrected chi connectivity index (χ3v) is 4.06. The standard InChI is InChI=1S/C18H18N4O5/c23-17(18(24)20-14-6-2-4-8-16(14)22(25)26)19-13-5-1-3-7-15(13)21-9-11-27-12-10-21/h1-8H,9-12H2,(H,19,23)(H,20,24). The zero-order valence-corrected chi connectivity index (χ0v) is 14.4. The Balaban J connectivity index is 1.72. The maximum absolute atomic E-state index is 12.3. The molecule has 0 atom stereocenters. The molecule has 0 unspecified atom stereocenters. The summed E-state index contributed by atoms with van der Waals surface area (Å²) in [6.45, 7) is 2.52. The van der Waals surface area contributed by atoms with Crippen molar-refractivity contribution in [1.29, 1.82) is 0 Å². The lowest BCUT2D eigenvalue weighted by molar-refractivity contribution is -0.383. The fourth-order valence-electron chi connectivity index (χ4n) is 2.76. The number of hydrogen-bond donors (Lipinski definition) is 2. The maximum Gasteiger partial charge on any atom is 0.314 e. The molecule has 1 saturated heterocycles. The van der Waals surface area contributed by atoms with Crippen LogP contribution in [-0.2, 0) is 14.3 Å². The van der Waals surface area contributed by atoms with Crippen LogP contribution in [0.2, 0.25) is 0 Å². The minimum Gasteiger partial charge on any atom is -0.378 e. The Labute approximate surface area is 155 Å². The Bertz CT molecular complexity index is 864. The van der Waals surface area contributed by atoms with E-state index >= 15 is 0 Å². The molecule has 2 aromatic carbocycles. The number of anilines is 3. The van der Waals surface area contributed by atoms with E-state index in [-0.39, 0.29) is 11.4 Å². The van der Waals surface area contributed by atoms with Gasteiger partial charge in [-0.05, 0) is 18.2 Å². The molecule has 0 aromatic heterocycles. The van der Waals surface area contributed by atoms with Crippen molar-refractivity contribution in [3.8, 4) is 0 Å². The molecule has 140 valence electrons. The van der Waals surface area contributed by atoms with Crippen LogP contribution in [0.1, 0.15) is 0 Å². The van der Waals surface area contributed by atoms with Gasteiger partial charge in [-0.1, -0.05) is 24.3 Å². The first-order valence-corrected chi connectivity index (χ1v) is 8.34. The van der Waals surface area contributed by atoms with Gasteiger partial charge in [-0.2, -0.15) is 0 Å². The van der Waals surface area contributed by atoms with Crippen LogP contribution in [0.4, 0.5) is 22.7 Å². The highest BCUT2D eigenvalue weighted by atomic mass is 16.6. The molecule has 9 nitrogen and oxygen atoms in total. The largest absolute Gasteiger partial charge is 0.378 e. The van der Waals surface area contributed by atoms with Crippen LogP contribution in [0.3, 0.4) is 0 Å². The van der Waals surface area contributed by atoms with E-state index in [9.17, 15) is 19.7 Å². The lowest BCUT2D eigenvalue weighted by atomic mass is 10.2. The van der Waals surface area contributed by atoms with E-state index in [4.69, 9.17) is 4.74 Å². The fraction of sp³-hybridized carbons (Fsp3) is 0.222. The zero-order valence-electron chi connectivity index (χ0n) is 14.4. The highest BCUT2D eigenvalue weighted by Gasteiger charge is 2.21. The van der Waals surface area contributed by atoms with E-state index < -0.39 is 16.7 Å². The first-order chi connectivity index (χ1) is 13.1. The van der Waals surface area contributed by atoms with E-state index in [0.717, 1.165) is 5.69 Å². The number of carbonyl (C=O) groups excluding carboxylic acids is 2. The number of morpholine rings is 1. The average Bonchev–Trinajstić information content (AvgIpc) is 2.69. The van der Waals surface area contributed by atoms with E-state index in [2.05, 4.69) is 15.5 Å². The lowest BCUT2D eigenvalue weighted by Crippen LogP contribution is -2.37. The van der Waals surface area contributed by atoms with Crippen LogP contribution < -0.4 is 15.5 Å². The number of ether oxygens (including phenoxy) is 1. The SMILES string of the molecule is O=C(Nc1ccccc1N1CCOCC1)C(=O)Nc1ccccc1[N+](=O)[O-]. The van der Waals surface area contributed by atoms with Crippen LogP contribution >= 0.6 is 0 Å². The van der Waals surface area contributed by atoms with Crippen molar-refractivity contribution in [2.45, 2.75) is 0 Å². The summed E-state index contributed by atoms with van der Waals surface area (Å²) in [5.74, 6) is -1.89. The molecular weight excluding hydrogens is 352 g/mol. The number of para-hydroxylation sites is 4. The molecule has 0 aliphatic carbocycles. The monoisotopic (exact) mass is 370 g/mol. The molecule has 2 aromatic rings. The van der Waals surface area contributed by atoms with Gasteiger partial charge in [0.15, 0.2) is 0 Å². The second-order valence-electron chi connectivity index (χ2n) is 5.80. The van der Waals surface area contributed by atoms with Crippen molar-refractivity contribution in [1.82, 2.24) is 0 Å². The molecule has 3 rings (SSSR count). The summed E-state index contributed by atoms with van der Waals surface area (Å²) in [7, 11) is 0. The zero-order chi connectivity index (χ0) is 19.2. The van der Waals surface area contributed by atoms with Gasteiger partial charge in [-0.3, -0.25) is 19.7 Å². The van der Waals surface area contributed by atoms with Gasteiger partial charge >= 0.3 is 11.8 Å². The van der Waals surface area contributed by atoms with Gasteiger partial charge in [0, 0.05) is 19.2 Å². The van der Waals surface area contributed by atoms with Crippen molar-refractivity contribution < 1.29 is 19.2 Å². The van der Waals surface area contributed by atoms with Crippen molar-refractivity contribution in [3.63, 3.8) is 0 Å². The molecule has 1 aliphatic rings. The molecule has 2 N–H and O–H groups in total. The van der Waals surface area contributed by atoms with Crippen molar-refractivity contribution in [3.05, 3.63) is 58.6 Å². The summed E-state index contributed by atoms with van der Waals surface area (Å²) in [5, 5.41) is 15.9. The maximum atomic E-state index is 12.3. The number of nitro groups is 1. The van der Waals surface area contributed by atoms with E-state index in [1.54, 1.807) is 12.1 Å². The summed E-state index contributed by atoms with van der Waals surface area (Å²) >= 11 is 0. The van der Waals surface area contributed by atoms with Crippen molar-refractivity contribution in [2.24, 2.45) is 0 Å². The molecular formula is C18H18N4O5. The number of nitrogens with zero attached hydrogens (tertiary/aromatic N) is 2. The molecule has 1 heterocycles. The molecule has 1 aliphatic heterocycles. The van der Waals surface area contributed by atoms with Crippen LogP contribution in [-0.4, -0.2) is 43.0 Å². The topological polar surface area (TPSA) is 114 Å². The van der Waals surface area contributed by atoms with Gasteiger partial charge in [-0.25, -0.2) is 0 Å². The first-order valence-electron chi connectivity index (χ1n) is 8.34. The molecule has 0 bridgehead atoms. The molecule has 9 heteroatoms. The Kier molecular flexibility index (Phi) is 5.62. The van der Waals surface area contributed by atoms with Crippen molar-refractivity contribution in [2.75, 3.05) is 41.8 Å². The van der Waals surface area contributed by atoms with E-state index in [1.807, 2.05) is 12.1 Å². The predicted molar refractivity (Wildman–Crippen MR) is 99.8 cm³/mol. The normalized spacial score (nSPS) is 13.7. The average molecular weight is 370 g/mol. The van der Waals surface area contributed by atoms with Gasteiger partial charge in [-0.15, -0.1) is 0 Å². The molecule has 0 saturated carbocycles. The van der Waals surface area contributed by atoms with Crippen molar-refractivity contribution >= 4 is 34.6 Å². The van der Waals surface area contributed by atoms with E-state index in [0.29, 0.717) is 32.0 Å². The van der Waals surface area contributed by atoms with Gasteiger partial charge in [0.1, 0.15) is 5.69 Å². The van der Waals surface area contributed by atoms with Gasteiger partial charge in [0.25, 0.3) is 5.69 Å². The minimum atomic E-state index is -0.985.